The van der Waals surface area contributed by atoms with Gasteiger partial charge in [0.1, 0.15) is 0 Å². The van der Waals surface area contributed by atoms with Gasteiger partial charge in [0.05, 0.1) is 6.04 Å². The van der Waals surface area contributed by atoms with E-state index >= 15 is 0 Å². The summed E-state index contributed by atoms with van der Waals surface area (Å²) in [5.74, 6) is 0.127. The molecule has 1 fully saturated rings. The van der Waals surface area contributed by atoms with Crippen molar-refractivity contribution < 1.29 is 4.79 Å². The molecule has 1 aliphatic rings. The van der Waals surface area contributed by atoms with Gasteiger partial charge in [0, 0.05) is 33.1 Å². The Balaban J connectivity index is 2.51. The van der Waals surface area contributed by atoms with Crippen molar-refractivity contribution in [2.24, 2.45) is 5.73 Å². The second kappa shape index (κ2) is 3.69. The van der Waals surface area contributed by atoms with Crippen molar-refractivity contribution in [2.45, 2.75) is 13.0 Å². The fourth-order valence-corrected chi connectivity index (χ4v) is 1.39. The predicted octanol–water partition coefficient (Wildman–Crippen LogP) is -1.23. The molecule has 0 saturated carbocycles. The molecule has 0 bridgehead atoms. The minimum atomic E-state index is 0.127. The van der Waals surface area contributed by atoms with Crippen molar-refractivity contribution in [1.82, 2.24) is 10.2 Å². The summed E-state index contributed by atoms with van der Waals surface area (Å²) >= 11 is 0. The average molecular weight is 157 g/mol. The first-order chi connectivity index (χ1) is 5.25. The number of nitrogens with two attached hydrogens (primary N) is 1. The van der Waals surface area contributed by atoms with E-state index in [1.807, 2.05) is 4.90 Å². The molecule has 11 heavy (non-hydrogen) atoms. The number of nitrogens with zero attached hydrogens (tertiary/aromatic N) is 1. The van der Waals surface area contributed by atoms with Gasteiger partial charge in [-0.2, -0.15) is 0 Å². The fraction of sp³-hybridized carbons (Fsp3) is 0.857. The quantitative estimate of drug-likeness (QED) is 0.501. The van der Waals surface area contributed by atoms with Gasteiger partial charge in [-0.15, -0.1) is 0 Å². The van der Waals surface area contributed by atoms with Crippen LogP contribution in [0.25, 0.3) is 0 Å². The summed E-state index contributed by atoms with van der Waals surface area (Å²) in [6, 6.07) is 0.196. The highest BCUT2D eigenvalue weighted by atomic mass is 16.2. The average Bonchev–Trinajstić information content (AvgIpc) is 2.04. The molecule has 0 spiro atoms. The lowest BCUT2D eigenvalue weighted by molar-refractivity contribution is -0.131. The van der Waals surface area contributed by atoms with Crippen molar-refractivity contribution in [3.05, 3.63) is 0 Å². The topological polar surface area (TPSA) is 58.4 Å². The van der Waals surface area contributed by atoms with Crippen LogP contribution in [0.1, 0.15) is 6.92 Å². The van der Waals surface area contributed by atoms with E-state index in [1.54, 1.807) is 6.92 Å². The molecule has 3 N–H and O–H groups in total. The Labute approximate surface area is 66.7 Å². The number of carbonyl (C=O) groups excluding carboxylic acids is 1. The number of nitrogens with one attached hydrogen (secondary N) is 1. The maximum Gasteiger partial charge on any atom is 0.219 e. The van der Waals surface area contributed by atoms with Gasteiger partial charge in [0.2, 0.25) is 5.91 Å². The zero-order valence-electron chi connectivity index (χ0n) is 6.84. The lowest BCUT2D eigenvalue weighted by atomic mass is 10.2. The number of amides is 1. The third kappa shape index (κ3) is 1.91. The molecule has 1 saturated heterocycles. The van der Waals surface area contributed by atoms with Crippen LogP contribution in [0, 0.1) is 0 Å². The van der Waals surface area contributed by atoms with E-state index < -0.39 is 0 Å². The predicted molar refractivity (Wildman–Crippen MR) is 43.1 cm³/mol. The number of piperazine rings is 1. The molecule has 0 aromatic carbocycles. The van der Waals surface area contributed by atoms with Gasteiger partial charge in [-0.3, -0.25) is 4.79 Å². The van der Waals surface area contributed by atoms with E-state index in [0.29, 0.717) is 6.54 Å². The highest BCUT2D eigenvalue weighted by Gasteiger charge is 2.22. The lowest BCUT2D eigenvalue weighted by Crippen LogP contribution is -2.55. The first kappa shape index (κ1) is 8.49. The smallest absolute Gasteiger partial charge is 0.219 e. The third-order valence-electron chi connectivity index (χ3n) is 2.03. The molecular weight excluding hydrogens is 142 g/mol. The van der Waals surface area contributed by atoms with Gasteiger partial charge in [-0.1, -0.05) is 0 Å². The molecule has 4 nitrogen and oxygen atoms in total. The van der Waals surface area contributed by atoms with E-state index in [-0.39, 0.29) is 11.9 Å². The monoisotopic (exact) mass is 157 g/mol. The molecule has 0 radical (unpaired) electrons. The third-order valence-corrected chi connectivity index (χ3v) is 2.03. The molecule has 1 aliphatic heterocycles. The first-order valence-corrected chi connectivity index (χ1v) is 3.93. The Kier molecular flexibility index (Phi) is 2.84. The van der Waals surface area contributed by atoms with Crippen molar-refractivity contribution in [1.29, 1.82) is 0 Å². The minimum Gasteiger partial charge on any atom is -0.336 e. The minimum absolute atomic E-state index is 0.127. The van der Waals surface area contributed by atoms with Crippen molar-refractivity contribution >= 4 is 5.91 Å². The molecule has 0 aromatic heterocycles. The molecule has 64 valence electrons. The summed E-state index contributed by atoms with van der Waals surface area (Å²) in [4.78, 5) is 12.8. The molecule has 0 unspecified atom stereocenters. The molecule has 1 atom stereocenters. The zero-order chi connectivity index (χ0) is 8.27. The number of rotatable bonds is 1. The van der Waals surface area contributed by atoms with E-state index in [4.69, 9.17) is 5.73 Å². The number of carbonyl (C=O) groups is 1. The fourth-order valence-electron chi connectivity index (χ4n) is 1.39. The van der Waals surface area contributed by atoms with E-state index in [1.165, 1.54) is 0 Å². The Morgan fingerprint density at radius 1 is 1.82 bits per heavy atom. The molecule has 0 aromatic rings. The Hall–Kier alpha value is -0.610. The van der Waals surface area contributed by atoms with Crippen molar-refractivity contribution in [2.75, 3.05) is 26.2 Å². The Bertz CT molecular complexity index is 149. The molecule has 4 heteroatoms. The second-order valence-corrected chi connectivity index (χ2v) is 2.81. The van der Waals surface area contributed by atoms with Crippen molar-refractivity contribution in [3.63, 3.8) is 0 Å². The van der Waals surface area contributed by atoms with Crippen LogP contribution >= 0.6 is 0 Å². The summed E-state index contributed by atoms with van der Waals surface area (Å²) in [7, 11) is 0. The summed E-state index contributed by atoms with van der Waals surface area (Å²) in [5, 5.41) is 3.20. The van der Waals surface area contributed by atoms with Crippen LogP contribution in [0.5, 0.6) is 0 Å². The van der Waals surface area contributed by atoms with Gasteiger partial charge >= 0.3 is 0 Å². The van der Waals surface area contributed by atoms with Gasteiger partial charge in [0.15, 0.2) is 0 Å². The lowest BCUT2D eigenvalue weighted by Gasteiger charge is -2.34. The molecule has 0 aliphatic carbocycles. The molecule has 1 heterocycles. The highest BCUT2D eigenvalue weighted by molar-refractivity contribution is 5.73. The van der Waals surface area contributed by atoms with Crippen LogP contribution in [0.3, 0.4) is 0 Å². The summed E-state index contributed by atoms with van der Waals surface area (Å²) in [6.45, 7) is 4.64. The largest absolute Gasteiger partial charge is 0.336 e. The SMILES string of the molecule is CC(=O)N1CCNC[C@@H]1CN. The van der Waals surface area contributed by atoms with E-state index in [0.717, 1.165) is 19.6 Å². The Morgan fingerprint density at radius 2 is 2.55 bits per heavy atom. The van der Waals surface area contributed by atoms with Crippen LogP contribution in [0.15, 0.2) is 0 Å². The molecule has 1 rings (SSSR count). The summed E-state index contributed by atoms with van der Waals surface area (Å²) < 4.78 is 0. The summed E-state index contributed by atoms with van der Waals surface area (Å²) in [5.41, 5.74) is 5.50. The van der Waals surface area contributed by atoms with Gasteiger partial charge in [-0.25, -0.2) is 0 Å². The highest BCUT2D eigenvalue weighted by Crippen LogP contribution is 2.01. The van der Waals surface area contributed by atoms with Crippen molar-refractivity contribution in [3.8, 4) is 0 Å². The van der Waals surface area contributed by atoms with Crippen LogP contribution in [-0.4, -0.2) is 43.0 Å². The maximum atomic E-state index is 11.0. The molecular formula is C7H15N3O. The zero-order valence-corrected chi connectivity index (χ0v) is 6.84. The maximum absolute atomic E-state index is 11.0. The van der Waals surface area contributed by atoms with Crippen LogP contribution in [0.4, 0.5) is 0 Å². The normalized spacial score (nSPS) is 25.3. The van der Waals surface area contributed by atoms with Gasteiger partial charge in [0.25, 0.3) is 0 Å². The molecule has 1 amide bonds. The number of hydrogen-bond acceptors (Lipinski definition) is 3. The van der Waals surface area contributed by atoms with Gasteiger partial charge < -0.3 is 16.0 Å². The first-order valence-electron chi connectivity index (χ1n) is 3.93. The summed E-state index contributed by atoms with van der Waals surface area (Å²) in [6.07, 6.45) is 0. The number of hydrogen-bond donors (Lipinski definition) is 2. The second-order valence-electron chi connectivity index (χ2n) is 2.81. The van der Waals surface area contributed by atoms with Gasteiger partial charge in [-0.05, 0) is 0 Å². The van der Waals surface area contributed by atoms with Crippen LogP contribution < -0.4 is 11.1 Å². The standard InChI is InChI=1S/C7H15N3O/c1-6(11)10-3-2-9-5-7(10)4-8/h7,9H,2-5,8H2,1H3/t7-/m0/s1. The Morgan fingerprint density at radius 3 is 3.00 bits per heavy atom. The van der Waals surface area contributed by atoms with Crippen LogP contribution in [0.2, 0.25) is 0 Å². The van der Waals surface area contributed by atoms with E-state index in [9.17, 15) is 4.79 Å². The van der Waals surface area contributed by atoms with Crippen LogP contribution in [-0.2, 0) is 4.79 Å². The van der Waals surface area contributed by atoms with E-state index in [2.05, 4.69) is 5.32 Å².